The van der Waals surface area contributed by atoms with Crippen LogP contribution in [0.25, 0.3) is 0 Å². The van der Waals surface area contributed by atoms with Crippen LogP contribution in [-0.4, -0.2) is 11.8 Å². The van der Waals surface area contributed by atoms with Gasteiger partial charge in [-0.1, -0.05) is 58.0 Å². The largest absolute Gasteiger partial charge is 0.307 e. The average Bonchev–Trinajstić information content (AvgIpc) is 2.28. The molecule has 0 aliphatic carbocycles. The normalized spacial score (nSPS) is 13.1. The first-order valence-electron chi connectivity index (χ1n) is 6.34. The van der Waals surface area contributed by atoms with E-state index in [1.807, 2.05) is 32.0 Å². The van der Waals surface area contributed by atoms with Crippen LogP contribution in [0.15, 0.2) is 30.3 Å². The summed E-state index contributed by atoms with van der Waals surface area (Å²) in [4.78, 5) is 11.9. The van der Waals surface area contributed by atoms with E-state index in [-0.39, 0.29) is 12.0 Å². The van der Waals surface area contributed by atoms with Gasteiger partial charge in [0.05, 0.1) is 0 Å². The Morgan fingerprint density at radius 1 is 1.12 bits per heavy atom. The fraction of sp³-hybridized carbons (Fsp3) is 0.533. The first-order chi connectivity index (χ1) is 8.00. The van der Waals surface area contributed by atoms with Crippen LogP contribution in [0.1, 0.15) is 45.7 Å². The third-order valence-electron chi connectivity index (χ3n) is 2.79. The SMILES string of the molecule is CC(C)NC(CC(=O)C(C)C)c1ccccc1. The Balaban J connectivity index is 2.78. The van der Waals surface area contributed by atoms with Gasteiger partial charge in [0.15, 0.2) is 0 Å². The Morgan fingerprint density at radius 2 is 1.71 bits per heavy atom. The highest BCUT2D eigenvalue weighted by Gasteiger charge is 2.18. The molecule has 1 aromatic rings. The lowest BCUT2D eigenvalue weighted by atomic mass is 9.96. The second-order valence-corrected chi connectivity index (χ2v) is 5.11. The Labute approximate surface area is 104 Å². The lowest BCUT2D eigenvalue weighted by molar-refractivity contribution is -0.122. The number of ketones is 1. The monoisotopic (exact) mass is 233 g/mol. The quantitative estimate of drug-likeness (QED) is 0.816. The molecule has 0 radical (unpaired) electrons. The van der Waals surface area contributed by atoms with Crippen molar-refractivity contribution in [2.45, 2.75) is 46.2 Å². The van der Waals surface area contributed by atoms with Gasteiger partial charge < -0.3 is 5.32 Å². The van der Waals surface area contributed by atoms with Gasteiger partial charge in [0.2, 0.25) is 0 Å². The van der Waals surface area contributed by atoms with E-state index in [4.69, 9.17) is 0 Å². The maximum Gasteiger partial charge on any atom is 0.137 e. The average molecular weight is 233 g/mol. The fourth-order valence-electron chi connectivity index (χ4n) is 1.80. The highest BCUT2D eigenvalue weighted by Crippen LogP contribution is 2.19. The first-order valence-corrected chi connectivity index (χ1v) is 6.34. The van der Waals surface area contributed by atoms with E-state index in [0.717, 1.165) is 0 Å². The molecule has 1 N–H and O–H groups in total. The molecule has 0 saturated carbocycles. The van der Waals surface area contributed by atoms with Gasteiger partial charge in [0, 0.05) is 24.4 Å². The second-order valence-electron chi connectivity index (χ2n) is 5.11. The van der Waals surface area contributed by atoms with Gasteiger partial charge in [-0.25, -0.2) is 0 Å². The predicted molar refractivity (Wildman–Crippen MR) is 71.9 cm³/mol. The number of hydrogen-bond donors (Lipinski definition) is 1. The van der Waals surface area contributed by atoms with Crippen molar-refractivity contribution in [3.8, 4) is 0 Å². The number of carbonyl (C=O) groups is 1. The van der Waals surface area contributed by atoms with E-state index in [2.05, 4.69) is 31.3 Å². The summed E-state index contributed by atoms with van der Waals surface area (Å²) in [5.74, 6) is 0.419. The summed E-state index contributed by atoms with van der Waals surface area (Å²) >= 11 is 0. The summed E-state index contributed by atoms with van der Waals surface area (Å²) in [5.41, 5.74) is 1.19. The minimum atomic E-state index is 0.107. The summed E-state index contributed by atoms with van der Waals surface area (Å²) in [6.45, 7) is 8.13. The van der Waals surface area contributed by atoms with Crippen LogP contribution >= 0.6 is 0 Å². The maximum atomic E-state index is 11.9. The Kier molecular flexibility index (Phi) is 5.36. The zero-order valence-corrected chi connectivity index (χ0v) is 11.2. The molecule has 0 bridgehead atoms. The Morgan fingerprint density at radius 3 is 2.18 bits per heavy atom. The number of benzene rings is 1. The molecular formula is C15H23NO. The lowest BCUT2D eigenvalue weighted by Gasteiger charge is -2.22. The molecule has 17 heavy (non-hydrogen) atoms. The minimum Gasteiger partial charge on any atom is -0.307 e. The van der Waals surface area contributed by atoms with Crippen molar-refractivity contribution in [3.05, 3.63) is 35.9 Å². The van der Waals surface area contributed by atoms with Crippen molar-refractivity contribution in [3.63, 3.8) is 0 Å². The zero-order chi connectivity index (χ0) is 12.8. The van der Waals surface area contributed by atoms with Crippen LogP contribution in [0.3, 0.4) is 0 Å². The molecule has 1 unspecified atom stereocenters. The van der Waals surface area contributed by atoms with E-state index in [1.165, 1.54) is 5.56 Å². The number of Topliss-reactive ketones (excluding diaryl/α,β-unsaturated/α-hetero) is 1. The molecule has 94 valence electrons. The van der Waals surface area contributed by atoms with Crippen molar-refractivity contribution in [1.82, 2.24) is 5.32 Å². The molecule has 1 rings (SSSR count). The molecule has 0 saturated heterocycles. The molecule has 2 heteroatoms. The van der Waals surface area contributed by atoms with Gasteiger partial charge >= 0.3 is 0 Å². The third kappa shape index (κ3) is 4.70. The van der Waals surface area contributed by atoms with Crippen molar-refractivity contribution >= 4 is 5.78 Å². The summed E-state index contributed by atoms with van der Waals surface area (Å²) in [6.07, 6.45) is 0.569. The van der Waals surface area contributed by atoms with Crippen molar-refractivity contribution in [2.75, 3.05) is 0 Å². The fourth-order valence-corrected chi connectivity index (χ4v) is 1.80. The molecule has 2 nitrogen and oxygen atoms in total. The van der Waals surface area contributed by atoms with Crippen LogP contribution in [-0.2, 0) is 4.79 Å². The number of nitrogens with one attached hydrogen (secondary N) is 1. The van der Waals surface area contributed by atoms with Crippen LogP contribution in [0, 0.1) is 5.92 Å². The molecular weight excluding hydrogens is 210 g/mol. The summed E-state index contributed by atoms with van der Waals surface area (Å²) < 4.78 is 0. The molecule has 0 fully saturated rings. The highest BCUT2D eigenvalue weighted by molar-refractivity contribution is 5.81. The predicted octanol–water partition coefficient (Wildman–Crippen LogP) is 3.34. The van der Waals surface area contributed by atoms with Crippen molar-refractivity contribution < 1.29 is 4.79 Å². The number of hydrogen-bond acceptors (Lipinski definition) is 2. The van der Waals surface area contributed by atoms with Gasteiger partial charge in [-0.2, -0.15) is 0 Å². The molecule has 0 aliphatic heterocycles. The van der Waals surface area contributed by atoms with Gasteiger partial charge in [0.1, 0.15) is 5.78 Å². The van der Waals surface area contributed by atoms with Gasteiger partial charge in [0.25, 0.3) is 0 Å². The van der Waals surface area contributed by atoms with Crippen molar-refractivity contribution in [2.24, 2.45) is 5.92 Å². The van der Waals surface area contributed by atoms with E-state index in [0.29, 0.717) is 18.2 Å². The van der Waals surface area contributed by atoms with Gasteiger partial charge in [-0.15, -0.1) is 0 Å². The van der Waals surface area contributed by atoms with E-state index < -0.39 is 0 Å². The van der Waals surface area contributed by atoms with Gasteiger partial charge in [-0.05, 0) is 5.56 Å². The molecule has 0 aromatic heterocycles. The molecule has 0 aliphatic rings. The van der Waals surface area contributed by atoms with Crippen LogP contribution < -0.4 is 5.32 Å². The Hall–Kier alpha value is -1.15. The van der Waals surface area contributed by atoms with E-state index in [9.17, 15) is 4.79 Å². The molecule has 0 amide bonds. The minimum absolute atomic E-state index is 0.107. The standard InChI is InChI=1S/C15H23NO/c1-11(2)15(17)10-14(16-12(3)4)13-8-6-5-7-9-13/h5-9,11-12,14,16H,10H2,1-4H3. The van der Waals surface area contributed by atoms with Crippen molar-refractivity contribution in [1.29, 1.82) is 0 Å². The van der Waals surface area contributed by atoms with Gasteiger partial charge in [-0.3, -0.25) is 4.79 Å². The lowest BCUT2D eigenvalue weighted by Crippen LogP contribution is -2.30. The third-order valence-corrected chi connectivity index (χ3v) is 2.79. The van der Waals surface area contributed by atoms with Crippen LogP contribution in [0.4, 0.5) is 0 Å². The number of rotatable bonds is 6. The summed E-state index contributed by atoms with van der Waals surface area (Å²) in [6, 6.07) is 10.7. The summed E-state index contributed by atoms with van der Waals surface area (Å²) in [7, 11) is 0. The smallest absolute Gasteiger partial charge is 0.137 e. The second kappa shape index (κ2) is 6.55. The zero-order valence-electron chi connectivity index (χ0n) is 11.2. The molecule has 0 heterocycles. The topological polar surface area (TPSA) is 29.1 Å². The Bertz CT molecular complexity index is 343. The summed E-state index contributed by atoms with van der Waals surface area (Å²) in [5, 5.41) is 3.46. The van der Waals surface area contributed by atoms with E-state index in [1.54, 1.807) is 0 Å². The van der Waals surface area contributed by atoms with E-state index >= 15 is 0 Å². The van der Waals surface area contributed by atoms with Crippen LogP contribution in [0.2, 0.25) is 0 Å². The maximum absolute atomic E-state index is 11.9. The first kappa shape index (κ1) is 13.9. The highest BCUT2D eigenvalue weighted by atomic mass is 16.1. The number of carbonyl (C=O) groups excluding carboxylic acids is 1. The van der Waals surface area contributed by atoms with Crippen LogP contribution in [0.5, 0.6) is 0 Å². The molecule has 1 atom stereocenters. The molecule has 0 spiro atoms. The molecule has 1 aromatic carbocycles.